The fraction of sp³-hybridized carbons (Fsp3) is 0.176. The zero-order chi connectivity index (χ0) is 13.9. The number of fused-ring (bicyclic) bond motifs is 1. The van der Waals surface area contributed by atoms with Crippen LogP contribution in [0.1, 0.15) is 12.0 Å². The average Bonchev–Trinajstić information content (AvgIpc) is 2.78. The van der Waals surface area contributed by atoms with Gasteiger partial charge in [-0.1, -0.05) is 41.9 Å². The highest BCUT2D eigenvalue weighted by atomic mass is 35.5. The Kier molecular flexibility index (Phi) is 3.66. The molecule has 0 amide bonds. The van der Waals surface area contributed by atoms with Gasteiger partial charge in [0.1, 0.15) is 0 Å². The SMILES string of the molecule is Oc1c2ccccc2cn1CCCc1ccc(Cl)cc1. The van der Waals surface area contributed by atoms with Crippen LogP contribution in [0.25, 0.3) is 10.8 Å². The van der Waals surface area contributed by atoms with Crippen molar-refractivity contribution in [2.45, 2.75) is 19.4 Å². The predicted molar refractivity (Wildman–Crippen MR) is 83.4 cm³/mol. The van der Waals surface area contributed by atoms with Gasteiger partial charge in [-0.05, 0) is 36.6 Å². The molecule has 2 aromatic carbocycles. The minimum atomic E-state index is 0.358. The molecule has 0 fully saturated rings. The van der Waals surface area contributed by atoms with E-state index in [-0.39, 0.29) is 0 Å². The van der Waals surface area contributed by atoms with Crippen LogP contribution in [-0.4, -0.2) is 9.67 Å². The normalized spacial score (nSPS) is 11.1. The Morgan fingerprint density at radius 2 is 1.75 bits per heavy atom. The molecule has 0 saturated carbocycles. The van der Waals surface area contributed by atoms with E-state index in [1.165, 1.54) is 5.56 Å². The van der Waals surface area contributed by atoms with Crippen molar-refractivity contribution in [2.24, 2.45) is 0 Å². The van der Waals surface area contributed by atoms with E-state index in [4.69, 9.17) is 11.6 Å². The van der Waals surface area contributed by atoms with Crippen LogP contribution in [0, 0.1) is 0 Å². The third-order valence-corrected chi connectivity index (χ3v) is 3.80. The zero-order valence-electron chi connectivity index (χ0n) is 11.1. The zero-order valence-corrected chi connectivity index (χ0v) is 11.8. The molecule has 1 heterocycles. The standard InChI is InChI=1S/C17H16ClNO/c18-15-9-7-13(8-10-15)4-3-11-19-12-14-5-1-2-6-16(14)17(19)20/h1-2,5-10,12,20H,3-4,11H2. The van der Waals surface area contributed by atoms with E-state index < -0.39 is 0 Å². The molecule has 20 heavy (non-hydrogen) atoms. The minimum absolute atomic E-state index is 0.358. The minimum Gasteiger partial charge on any atom is -0.494 e. The number of aromatic nitrogens is 1. The molecule has 0 saturated heterocycles. The molecule has 0 unspecified atom stereocenters. The largest absolute Gasteiger partial charge is 0.494 e. The van der Waals surface area contributed by atoms with Gasteiger partial charge in [0.15, 0.2) is 5.88 Å². The molecule has 3 heteroatoms. The lowest BCUT2D eigenvalue weighted by atomic mass is 10.1. The van der Waals surface area contributed by atoms with Crippen LogP contribution < -0.4 is 0 Å². The summed E-state index contributed by atoms with van der Waals surface area (Å²) in [5, 5.41) is 12.9. The van der Waals surface area contributed by atoms with Crippen LogP contribution >= 0.6 is 11.6 Å². The summed E-state index contributed by atoms with van der Waals surface area (Å²) in [6.07, 6.45) is 3.97. The number of halogens is 1. The van der Waals surface area contributed by atoms with Gasteiger partial charge in [-0.25, -0.2) is 0 Å². The van der Waals surface area contributed by atoms with Gasteiger partial charge >= 0.3 is 0 Å². The van der Waals surface area contributed by atoms with Crippen LogP contribution in [0.15, 0.2) is 54.7 Å². The second-order valence-electron chi connectivity index (χ2n) is 4.96. The molecule has 0 aliphatic rings. The second kappa shape index (κ2) is 5.59. The van der Waals surface area contributed by atoms with Gasteiger partial charge in [0.25, 0.3) is 0 Å². The lowest BCUT2D eigenvalue weighted by Gasteiger charge is -2.05. The molecule has 102 valence electrons. The molecule has 3 aromatic rings. The first-order valence-corrected chi connectivity index (χ1v) is 7.13. The Hall–Kier alpha value is -1.93. The van der Waals surface area contributed by atoms with Crippen molar-refractivity contribution in [1.82, 2.24) is 4.57 Å². The van der Waals surface area contributed by atoms with Crippen molar-refractivity contribution in [3.63, 3.8) is 0 Å². The van der Waals surface area contributed by atoms with Gasteiger partial charge in [-0.2, -0.15) is 0 Å². The van der Waals surface area contributed by atoms with Crippen molar-refractivity contribution < 1.29 is 5.11 Å². The van der Waals surface area contributed by atoms with Gasteiger partial charge < -0.3 is 9.67 Å². The lowest BCUT2D eigenvalue weighted by molar-refractivity contribution is 0.418. The molecule has 0 spiro atoms. The van der Waals surface area contributed by atoms with Gasteiger partial charge in [-0.3, -0.25) is 0 Å². The summed E-state index contributed by atoms with van der Waals surface area (Å²) in [5.41, 5.74) is 1.27. The van der Waals surface area contributed by atoms with Crippen LogP contribution in [0.4, 0.5) is 0 Å². The maximum atomic E-state index is 10.2. The predicted octanol–water partition coefficient (Wildman–Crippen LogP) is 4.63. The molecule has 0 aliphatic carbocycles. The number of rotatable bonds is 4. The van der Waals surface area contributed by atoms with Crippen LogP contribution in [-0.2, 0) is 13.0 Å². The van der Waals surface area contributed by atoms with Crippen molar-refractivity contribution in [2.75, 3.05) is 0 Å². The van der Waals surface area contributed by atoms with Gasteiger partial charge in [0, 0.05) is 28.5 Å². The third kappa shape index (κ3) is 2.66. The Morgan fingerprint density at radius 1 is 1.00 bits per heavy atom. The van der Waals surface area contributed by atoms with Crippen LogP contribution in [0.5, 0.6) is 5.88 Å². The molecule has 1 aromatic heterocycles. The summed E-state index contributed by atoms with van der Waals surface area (Å²) >= 11 is 5.87. The van der Waals surface area contributed by atoms with Crippen molar-refractivity contribution >= 4 is 22.4 Å². The molecule has 0 aliphatic heterocycles. The quantitative estimate of drug-likeness (QED) is 0.742. The number of aromatic hydroxyl groups is 1. The summed E-state index contributed by atoms with van der Waals surface area (Å²) in [6.45, 7) is 0.809. The monoisotopic (exact) mass is 285 g/mol. The summed E-state index contributed by atoms with van der Waals surface area (Å²) in [4.78, 5) is 0. The Balaban J connectivity index is 1.68. The number of benzene rings is 2. The lowest BCUT2D eigenvalue weighted by Crippen LogP contribution is -1.97. The van der Waals surface area contributed by atoms with Gasteiger partial charge in [-0.15, -0.1) is 0 Å². The maximum absolute atomic E-state index is 10.2. The molecule has 0 bridgehead atoms. The van der Waals surface area contributed by atoms with E-state index in [1.54, 1.807) is 0 Å². The molecule has 1 N–H and O–H groups in total. The van der Waals surface area contributed by atoms with E-state index in [1.807, 2.05) is 59.3 Å². The Morgan fingerprint density at radius 3 is 2.50 bits per heavy atom. The smallest absolute Gasteiger partial charge is 0.199 e. The van der Waals surface area contributed by atoms with E-state index in [2.05, 4.69) is 0 Å². The number of nitrogens with zero attached hydrogens (tertiary/aromatic N) is 1. The molecular formula is C17H16ClNO. The third-order valence-electron chi connectivity index (χ3n) is 3.55. The van der Waals surface area contributed by atoms with E-state index in [0.29, 0.717) is 5.88 Å². The van der Waals surface area contributed by atoms with Crippen molar-refractivity contribution in [3.8, 4) is 5.88 Å². The highest BCUT2D eigenvalue weighted by Crippen LogP contribution is 2.27. The van der Waals surface area contributed by atoms with Crippen molar-refractivity contribution in [1.29, 1.82) is 0 Å². The second-order valence-corrected chi connectivity index (χ2v) is 5.40. The first kappa shape index (κ1) is 13.1. The number of aryl methyl sites for hydroxylation is 2. The fourth-order valence-corrected chi connectivity index (χ4v) is 2.60. The molecular weight excluding hydrogens is 270 g/mol. The Labute approximate surface area is 123 Å². The highest BCUT2D eigenvalue weighted by molar-refractivity contribution is 6.30. The summed E-state index contributed by atoms with van der Waals surface area (Å²) in [6, 6.07) is 15.8. The first-order chi connectivity index (χ1) is 9.74. The summed E-state index contributed by atoms with van der Waals surface area (Å²) < 4.78 is 1.92. The summed E-state index contributed by atoms with van der Waals surface area (Å²) in [7, 11) is 0. The fourth-order valence-electron chi connectivity index (χ4n) is 2.47. The van der Waals surface area contributed by atoms with E-state index in [0.717, 1.165) is 35.2 Å². The summed E-state index contributed by atoms with van der Waals surface area (Å²) in [5.74, 6) is 0.358. The van der Waals surface area contributed by atoms with E-state index in [9.17, 15) is 5.11 Å². The molecule has 0 radical (unpaired) electrons. The Bertz CT molecular complexity index is 715. The topological polar surface area (TPSA) is 25.2 Å². The molecule has 0 atom stereocenters. The number of hydrogen-bond donors (Lipinski definition) is 1. The first-order valence-electron chi connectivity index (χ1n) is 6.75. The number of hydrogen-bond acceptors (Lipinski definition) is 1. The van der Waals surface area contributed by atoms with Crippen LogP contribution in [0.2, 0.25) is 5.02 Å². The van der Waals surface area contributed by atoms with Gasteiger partial charge in [0.2, 0.25) is 0 Å². The highest BCUT2D eigenvalue weighted by Gasteiger charge is 2.06. The van der Waals surface area contributed by atoms with Crippen molar-refractivity contribution in [3.05, 3.63) is 65.3 Å². The molecule has 2 nitrogen and oxygen atoms in total. The van der Waals surface area contributed by atoms with Gasteiger partial charge in [0.05, 0.1) is 0 Å². The van der Waals surface area contributed by atoms with E-state index >= 15 is 0 Å². The maximum Gasteiger partial charge on any atom is 0.199 e. The molecule has 3 rings (SSSR count). The average molecular weight is 286 g/mol. The van der Waals surface area contributed by atoms with Crippen LogP contribution in [0.3, 0.4) is 0 Å².